The van der Waals surface area contributed by atoms with Gasteiger partial charge < -0.3 is 14.8 Å². The Morgan fingerprint density at radius 1 is 1.19 bits per heavy atom. The van der Waals surface area contributed by atoms with Crippen LogP contribution in [0.15, 0.2) is 12.1 Å². The van der Waals surface area contributed by atoms with Gasteiger partial charge in [-0.05, 0) is 38.1 Å². The van der Waals surface area contributed by atoms with Crippen molar-refractivity contribution in [2.45, 2.75) is 19.8 Å². The van der Waals surface area contributed by atoms with Crippen LogP contribution in [0.5, 0.6) is 11.5 Å². The van der Waals surface area contributed by atoms with Crippen LogP contribution in [0.2, 0.25) is 0 Å². The molecule has 0 aromatic heterocycles. The third kappa shape index (κ3) is 2.67. The molecule has 0 aliphatic rings. The number of methoxy groups -OCH3 is 2. The van der Waals surface area contributed by atoms with Crippen LogP contribution in [0.4, 0.5) is 0 Å². The lowest BCUT2D eigenvalue weighted by Gasteiger charge is -2.15. The first kappa shape index (κ1) is 12.8. The minimum Gasteiger partial charge on any atom is -0.493 e. The van der Waals surface area contributed by atoms with Crippen molar-refractivity contribution in [2.24, 2.45) is 0 Å². The van der Waals surface area contributed by atoms with Gasteiger partial charge in [-0.3, -0.25) is 0 Å². The van der Waals surface area contributed by atoms with E-state index in [1.165, 1.54) is 11.1 Å². The molecule has 1 aromatic carbocycles. The van der Waals surface area contributed by atoms with Gasteiger partial charge in [0, 0.05) is 5.56 Å². The van der Waals surface area contributed by atoms with Crippen LogP contribution >= 0.6 is 0 Å². The molecular formula is C13H21NO2. The molecule has 0 spiro atoms. The number of likely N-dealkylation sites (N-methyl/N-ethyl adjacent to an activating group) is 1. The molecule has 1 aromatic rings. The van der Waals surface area contributed by atoms with Gasteiger partial charge in [-0.25, -0.2) is 0 Å². The lowest BCUT2D eigenvalue weighted by molar-refractivity contribution is 0.351. The van der Waals surface area contributed by atoms with Crippen molar-refractivity contribution in [3.63, 3.8) is 0 Å². The Morgan fingerprint density at radius 2 is 1.94 bits per heavy atom. The topological polar surface area (TPSA) is 30.5 Å². The van der Waals surface area contributed by atoms with E-state index in [4.69, 9.17) is 9.47 Å². The fourth-order valence-corrected chi connectivity index (χ4v) is 1.91. The lowest BCUT2D eigenvalue weighted by atomic mass is 10.0. The summed E-state index contributed by atoms with van der Waals surface area (Å²) < 4.78 is 10.7. The second kappa shape index (κ2) is 6.38. The zero-order chi connectivity index (χ0) is 12.0. The first-order valence-corrected chi connectivity index (χ1v) is 5.65. The van der Waals surface area contributed by atoms with Gasteiger partial charge in [-0.15, -0.1) is 0 Å². The maximum absolute atomic E-state index is 5.43. The number of hydrogen-bond donors (Lipinski definition) is 1. The minimum absolute atomic E-state index is 0.813. The van der Waals surface area contributed by atoms with Gasteiger partial charge in [-0.2, -0.15) is 0 Å². The van der Waals surface area contributed by atoms with E-state index in [9.17, 15) is 0 Å². The molecule has 1 N–H and O–H groups in total. The van der Waals surface area contributed by atoms with Crippen LogP contribution < -0.4 is 14.8 Å². The fraction of sp³-hybridized carbons (Fsp3) is 0.538. The van der Waals surface area contributed by atoms with E-state index in [-0.39, 0.29) is 0 Å². The van der Waals surface area contributed by atoms with Gasteiger partial charge in [0.05, 0.1) is 14.2 Å². The normalized spacial score (nSPS) is 10.2. The number of benzene rings is 1. The standard InChI is InChI=1S/C13H21NO2/c1-5-11-10(8-9-14-2)6-7-12(15-3)13(11)16-4/h6-7,14H,5,8-9H2,1-4H3. The largest absolute Gasteiger partial charge is 0.493 e. The summed E-state index contributed by atoms with van der Waals surface area (Å²) in [4.78, 5) is 0. The van der Waals surface area contributed by atoms with Gasteiger partial charge in [-0.1, -0.05) is 13.0 Å². The quantitative estimate of drug-likeness (QED) is 0.800. The Hall–Kier alpha value is -1.22. The van der Waals surface area contributed by atoms with Gasteiger partial charge in [0.2, 0.25) is 0 Å². The number of rotatable bonds is 6. The predicted molar refractivity (Wildman–Crippen MR) is 66.6 cm³/mol. The van der Waals surface area contributed by atoms with Crippen LogP contribution in [-0.4, -0.2) is 27.8 Å². The van der Waals surface area contributed by atoms with Gasteiger partial charge in [0.15, 0.2) is 11.5 Å². The maximum atomic E-state index is 5.43. The summed E-state index contributed by atoms with van der Waals surface area (Å²) in [6.45, 7) is 3.11. The van der Waals surface area contributed by atoms with Gasteiger partial charge >= 0.3 is 0 Å². The van der Waals surface area contributed by atoms with Crippen molar-refractivity contribution in [1.82, 2.24) is 5.32 Å². The summed E-state index contributed by atoms with van der Waals surface area (Å²) in [6.07, 6.45) is 1.97. The molecule has 16 heavy (non-hydrogen) atoms. The highest BCUT2D eigenvalue weighted by Gasteiger charge is 2.12. The summed E-state index contributed by atoms with van der Waals surface area (Å²) in [6, 6.07) is 4.10. The summed E-state index contributed by atoms with van der Waals surface area (Å²) in [5, 5.41) is 3.16. The van der Waals surface area contributed by atoms with Crippen molar-refractivity contribution >= 4 is 0 Å². The van der Waals surface area contributed by atoms with Crippen LogP contribution in [0.25, 0.3) is 0 Å². The molecule has 0 saturated heterocycles. The molecule has 0 amide bonds. The summed E-state index contributed by atoms with van der Waals surface area (Å²) in [7, 11) is 5.33. The maximum Gasteiger partial charge on any atom is 0.164 e. The Balaban J connectivity index is 3.10. The Bertz CT molecular complexity index is 337. The molecule has 0 heterocycles. The molecule has 0 fully saturated rings. The Morgan fingerprint density at radius 3 is 2.44 bits per heavy atom. The third-order valence-corrected chi connectivity index (χ3v) is 2.74. The highest BCUT2D eigenvalue weighted by atomic mass is 16.5. The van der Waals surface area contributed by atoms with Crippen LogP contribution in [-0.2, 0) is 12.8 Å². The first-order chi connectivity index (χ1) is 7.78. The van der Waals surface area contributed by atoms with Gasteiger partial charge in [0.25, 0.3) is 0 Å². The molecule has 0 aliphatic heterocycles. The minimum atomic E-state index is 0.813. The molecule has 0 bridgehead atoms. The van der Waals surface area contributed by atoms with E-state index in [1.807, 2.05) is 13.1 Å². The van der Waals surface area contributed by atoms with Crippen LogP contribution in [0.1, 0.15) is 18.1 Å². The predicted octanol–water partition coefficient (Wildman–Crippen LogP) is 2.03. The van der Waals surface area contributed by atoms with E-state index in [1.54, 1.807) is 14.2 Å². The molecule has 0 unspecified atom stereocenters. The van der Waals surface area contributed by atoms with Crippen molar-refractivity contribution < 1.29 is 9.47 Å². The van der Waals surface area contributed by atoms with Crippen LogP contribution in [0, 0.1) is 0 Å². The average molecular weight is 223 g/mol. The SMILES string of the molecule is CCc1c(CCNC)ccc(OC)c1OC. The second-order valence-electron chi connectivity index (χ2n) is 3.65. The number of ether oxygens (including phenoxy) is 2. The van der Waals surface area contributed by atoms with Crippen molar-refractivity contribution in [1.29, 1.82) is 0 Å². The Kier molecular flexibility index (Phi) is 5.12. The van der Waals surface area contributed by atoms with E-state index < -0.39 is 0 Å². The fourth-order valence-electron chi connectivity index (χ4n) is 1.91. The molecular weight excluding hydrogens is 202 g/mol. The van der Waals surface area contributed by atoms with E-state index in [2.05, 4.69) is 18.3 Å². The zero-order valence-corrected chi connectivity index (χ0v) is 10.6. The smallest absolute Gasteiger partial charge is 0.164 e. The lowest BCUT2D eigenvalue weighted by Crippen LogP contribution is -2.12. The second-order valence-corrected chi connectivity index (χ2v) is 3.65. The van der Waals surface area contributed by atoms with Crippen molar-refractivity contribution in [3.05, 3.63) is 23.3 Å². The average Bonchev–Trinajstić information content (AvgIpc) is 2.34. The summed E-state index contributed by atoms with van der Waals surface area (Å²) in [5.41, 5.74) is 2.58. The summed E-state index contributed by atoms with van der Waals surface area (Å²) >= 11 is 0. The Labute approximate surface area is 97.8 Å². The van der Waals surface area contributed by atoms with E-state index in [0.717, 1.165) is 30.9 Å². The molecule has 90 valence electrons. The third-order valence-electron chi connectivity index (χ3n) is 2.74. The molecule has 3 heteroatoms. The number of hydrogen-bond acceptors (Lipinski definition) is 3. The zero-order valence-electron chi connectivity index (χ0n) is 10.6. The first-order valence-electron chi connectivity index (χ1n) is 5.65. The molecule has 0 saturated carbocycles. The molecule has 1 rings (SSSR count). The summed E-state index contributed by atoms with van der Waals surface area (Å²) in [5.74, 6) is 1.69. The van der Waals surface area contributed by atoms with Crippen LogP contribution in [0.3, 0.4) is 0 Å². The molecule has 0 aliphatic carbocycles. The monoisotopic (exact) mass is 223 g/mol. The van der Waals surface area contributed by atoms with E-state index in [0.29, 0.717) is 0 Å². The van der Waals surface area contributed by atoms with Gasteiger partial charge in [0.1, 0.15) is 0 Å². The number of nitrogens with one attached hydrogen (secondary N) is 1. The molecule has 3 nitrogen and oxygen atoms in total. The molecule has 0 radical (unpaired) electrons. The van der Waals surface area contributed by atoms with Crippen molar-refractivity contribution in [2.75, 3.05) is 27.8 Å². The highest BCUT2D eigenvalue weighted by Crippen LogP contribution is 2.33. The highest BCUT2D eigenvalue weighted by molar-refractivity contribution is 5.51. The molecule has 0 atom stereocenters. The van der Waals surface area contributed by atoms with E-state index >= 15 is 0 Å². The van der Waals surface area contributed by atoms with Crippen molar-refractivity contribution in [3.8, 4) is 11.5 Å².